The van der Waals surface area contributed by atoms with Crippen molar-refractivity contribution in [3.05, 3.63) is 64.1 Å². The molecule has 0 bridgehead atoms. The first-order valence-electron chi connectivity index (χ1n) is 10.8. The van der Waals surface area contributed by atoms with Crippen LogP contribution in [-0.4, -0.2) is 43.4 Å². The topological polar surface area (TPSA) is 61.4 Å². The highest BCUT2D eigenvalue weighted by Crippen LogP contribution is 2.39. The molecule has 5 nitrogen and oxygen atoms in total. The van der Waals surface area contributed by atoms with Gasteiger partial charge in [-0.05, 0) is 69.7 Å². The van der Waals surface area contributed by atoms with Crippen LogP contribution in [0.1, 0.15) is 47.7 Å². The molecular formula is C25H31N3O2S. The molecule has 2 aromatic rings. The molecule has 0 fully saturated rings. The van der Waals surface area contributed by atoms with E-state index < -0.39 is 0 Å². The van der Waals surface area contributed by atoms with Gasteiger partial charge in [0, 0.05) is 17.0 Å². The molecule has 0 spiro atoms. The number of fused-ring (bicyclic) bond motifs is 1. The van der Waals surface area contributed by atoms with E-state index in [1.54, 1.807) is 6.07 Å². The van der Waals surface area contributed by atoms with Gasteiger partial charge in [-0.25, -0.2) is 0 Å². The lowest BCUT2D eigenvalue weighted by atomic mass is 10.1. The predicted octanol–water partition coefficient (Wildman–Crippen LogP) is 4.93. The number of hydrogen-bond acceptors (Lipinski definition) is 4. The Kier molecular flexibility index (Phi) is 8.32. The average molecular weight is 438 g/mol. The van der Waals surface area contributed by atoms with E-state index in [4.69, 9.17) is 0 Å². The maximum atomic E-state index is 12.6. The summed E-state index contributed by atoms with van der Waals surface area (Å²) in [6, 6.07) is 13.5. The number of unbranched alkanes of at least 4 members (excludes halogenated alkanes) is 1. The van der Waals surface area contributed by atoms with Crippen molar-refractivity contribution < 1.29 is 9.59 Å². The number of carbonyl (C=O) groups excluding carboxylic acids is 2. The molecule has 0 radical (unpaired) electrons. The van der Waals surface area contributed by atoms with Gasteiger partial charge in [-0.1, -0.05) is 54.9 Å². The molecule has 0 aromatic heterocycles. The lowest BCUT2D eigenvalue weighted by Gasteiger charge is -2.19. The van der Waals surface area contributed by atoms with Crippen LogP contribution >= 0.6 is 11.8 Å². The lowest BCUT2D eigenvalue weighted by Crippen LogP contribution is -2.29. The molecule has 2 N–H and O–H groups in total. The first-order chi connectivity index (χ1) is 15.0. The molecular weight excluding hydrogens is 406 g/mol. The van der Waals surface area contributed by atoms with E-state index in [0.717, 1.165) is 30.0 Å². The molecule has 31 heavy (non-hydrogen) atoms. The maximum absolute atomic E-state index is 12.6. The summed E-state index contributed by atoms with van der Waals surface area (Å²) < 4.78 is 0. The first-order valence-corrected chi connectivity index (χ1v) is 11.7. The molecule has 3 rings (SSSR count). The fourth-order valence-corrected chi connectivity index (χ4v) is 4.24. The van der Waals surface area contributed by atoms with Crippen LogP contribution in [0.5, 0.6) is 0 Å². The van der Waals surface area contributed by atoms with Crippen LogP contribution in [0, 0.1) is 6.92 Å². The summed E-state index contributed by atoms with van der Waals surface area (Å²) >= 11 is 1.43. The Bertz CT molecular complexity index is 954. The fourth-order valence-electron chi connectivity index (χ4n) is 3.31. The van der Waals surface area contributed by atoms with E-state index in [1.165, 1.54) is 30.2 Å². The zero-order chi connectivity index (χ0) is 22.2. The van der Waals surface area contributed by atoms with Crippen LogP contribution in [0.15, 0.2) is 52.3 Å². The van der Waals surface area contributed by atoms with Gasteiger partial charge in [0.2, 0.25) is 0 Å². The third-order valence-corrected chi connectivity index (χ3v) is 6.30. The third kappa shape index (κ3) is 6.71. The Morgan fingerprint density at radius 1 is 1.13 bits per heavy atom. The summed E-state index contributed by atoms with van der Waals surface area (Å²) in [7, 11) is 2.11. The molecule has 2 amide bonds. The van der Waals surface area contributed by atoms with Crippen LogP contribution in [0.3, 0.4) is 0 Å². The number of nitrogens with zero attached hydrogens (tertiary/aromatic N) is 1. The van der Waals surface area contributed by atoms with Gasteiger partial charge in [0.1, 0.15) is 0 Å². The van der Waals surface area contributed by atoms with Crippen LogP contribution < -0.4 is 10.6 Å². The van der Waals surface area contributed by atoms with Crippen molar-refractivity contribution in [3.63, 3.8) is 0 Å². The maximum Gasteiger partial charge on any atom is 0.262 e. The number of rotatable bonds is 9. The second-order valence-corrected chi connectivity index (χ2v) is 9.04. The van der Waals surface area contributed by atoms with E-state index in [-0.39, 0.29) is 11.8 Å². The minimum absolute atomic E-state index is 0.112. The molecule has 0 saturated heterocycles. The number of nitrogens with one attached hydrogen (secondary N) is 2. The van der Waals surface area contributed by atoms with Gasteiger partial charge in [-0.3, -0.25) is 9.59 Å². The van der Waals surface area contributed by atoms with E-state index in [1.807, 2.05) is 49.4 Å². The summed E-state index contributed by atoms with van der Waals surface area (Å²) in [6.07, 6.45) is 5.19. The van der Waals surface area contributed by atoms with Crippen molar-refractivity contribution in [2.24, 2.45) is 0 Å². The Morgan fingerprint density at radius 2 is 1.87 bits per heavy atom. The second-order valence-electron chi connectivity index (χ2n) is 7.95. The number of benzene rings is 2. The smallest absolute Gasteiger partial charge is 0.262 e. The Balaban J connectivity index is 1.57. The highest BCUT2D eigenvalue weighted by Gasteiger charge is 2.22. The average Bonchev–Trinajstić information content (AvgIpc) is 2.76. The van der Waals surface area contributed by atoms with Gasteiger partial charge in [0.25, 0.3) is 11.8 Å². The van der Waals surface area contributed by atoms with E-state index in [2.05, 4.69) is 29.5 Å². The van der Waals surface area contributed by atoms with Crippen LogP contribution in [-0.2, 0) is 4.79 Å². The number of hydrogen-bond donors (Lipinski definition) is 2. The highest BCUT2D eigenvalue weighted by molar-refractivity contribution is 8.04. The summed E-state index contributed by atoms with van der Waals surface area (Å²) in [6.45, 7) is 6.92. The summed E-state index contributed by atoms with van der Waals surface area (Å²) in [5, 5.41) is 5.90. The molecule has 1 heterocycles. The summed E-state index contributed by atoms with van der Waals surface area (Å²) in [4.78, 5) is 28.9. The molecule has 0 unspecified atom stereocenters. The molecule has 0 saturated carbocycles. The molecule has 0 aliphatic carbocycles. The molecule has 6 heteroatoms. The van der Waals surface area contributed by atoms with E-state index >= 15 is 0 Å². The number of anilines is 1. The fraction of sp³-hybridized carbons (Fsp3) is 0.360. The number of carbonyl (C=O) groups is 2. The molecule has 1 aliphatic heterocycles. The van der Waals surface area contributed by atoms with Gasteiger partial charge in [0.05, 0.1) is 10.6 Å². The van der Waals surface area contributed by atoms with Crippen molar-refractivity contribution >= 4 is 35.3 Å². The number of thioether (sulfide) groups is 1. The van der Waals surface area contributed by atoms with Crippen LogP contribution in [0.25, 0.3) is 6.08 Å². The molecule has 2 aromatic carbocycles. The third-order valence-electron chi connectivity index (χ3n) is 5.20. The monoisotopic (exact) mass is 437 g/mol. The van der Waals surface area contributed by atoms with Crippen molar-refractivity contribution in [2.45, 2.75) is 38.0 Å². The largest absolute Gasteiger partial charge is 0.352 e. The van der Waals surface area contributed by atoms with Gasteiger partial charge in [-0.2, -0.15) is 0 Å². The van der Waals surface area contributed by atoms with Crippen molar-refractivity contribution in [3.8, 4) is 0 Å². The molecule has 1 aliphatic rings. The van der Waals surface area contributed by atoms with Crippen LogP contribution in [0.2, 0.25) is 0 Å². The first kappa shape index (κ1) is 23.1. The number of amides is 2. The Morgan fingerprint density at radius 3 is 2.61 bits per heavy atom. The van der Waals surface area contributed by atoms with Crippen LogP contribution in [0.4, 0.5) is 5.69 Å². The van der Waals surface area contributed by atoms with Gasteiger partial charge in [0.15, 0.2) is 0 Å². The Hall–Kier alpha value is -2.57. The van der Waals surface area contributed by atoms with E-state index in [9.17, 15) is 9.59 Å². The van der Waals surface area contributed by atoms with Crippen molar-refractivity contribution in [1.29, 1.82) is 0 Å². The highest BCUT2D eigenvalue weighted by atomic mass is 32.2. The van der Waals surface area contributed by atoms with Gasteiger partial charge >= 0.3 is 0 Å². The SMILES string of the molecule is CCCCN(C)CCCNC(=O)c1ccc2c(c1)NC(=O)C(=Cc1ccc(C)cc1)S2. The summed E-state index contributed by atoms with van der Waals surface area (Å²) in [5.41, 5.74) is 3.42. The minimum atomic E-state index is -0.147. The normalized spacial score (nSPS) is 14.5. The van der Waals surface area contributed by atoms with Crippen molar-refractivity contribution in [1.82, 2.24) is 10.2 Å². The second kappa shape index (κ2) is 11.2. The zero-order valence-electron chi connectivity index (χ0n) is 18.5. The standard InChI is InChI=1S/C25H31N3O2S/c1-4-5-14-28(3)15-6-13-26-24(29)20-11-12-22-21(17-20)27-25(30)23(31-22)16-19-9-7-18(2)8-10-19/h7-12,16-17H,4-6,13-15H2,1-3H3,(H,26,29)(H,27,30). The van der Waals surface area contributed by atoms with Crippen molar-refractivity contribution in [2.75, 3.05) is 32.0 Å². The van der Waals surface area contributed by atoms with E-state index in [0.29, 0.717) is 22.7 Å². The quantitative estimate of drug-likeness (QED) is 0.431. The Labute approximate surface area is 189 Å². The predicted molar refractivity (Wildman–Crippen MR) is 129 cm³/mol. The minimum Gasteiger partial charge on any atom is -0.352 e. The zero-order valence-corrected chi connectivity index (χ0v) is 19.3. The number of aryl methyl sites for hydroxylation is 1. The molecule has 0 atom stereocenters. The summed E-state index contributed by atoms with van der Waals surface area (Å²) in [5.74, 6) is -0.259. The van der Waals surface area contributed by atoms with Gasteiger partial charge in [-0.15, -0.1) is 0 Å². The van der Waals surface area contributed by atoms with Gasteiger partial charge < -0.3 is 15.5 Å². The lowest BCUT2D eigenvalue weighted by molar-refractivity contribution is -0.112. The molecule has 164 valence electrons.